The Kier molecular flexibility index (Phi) is 2.21. The molecule has 0 aromatic carbocycles. The zero-order chi connectivity index (χ0) is 6.85. The van der Waals surface area contributed by atoms with Crippen LogP contribution in [0.15, 0.2) is 9.30 Å². The summed E-state index contributed by atoms with van der Waals surface area (Å²) in [6.07, 6.45) is 0. The second kappa shape index (κ2) is 2.77. The third kappa shape index (κ3) is 1.74. The third-order valence-electron chi connectivity index (χ3n) is 0.960. The first-order valence-corrected chi connectivity index (χ1v) is 4.24. The van der Waals surface area contributed by atoms with E-state index >= 15 is 0 Å². The molecule has 0 bridgehead atoms. The summed E-state index contributed by atoms with van der Waals surface area (Å²) in [5.41, 5.74) is 6.50. The minimum Gasteiger partial charge on any atom is -0.323 e. The maximum absolute atomic E-state index is 5.55. The van der Waals surface area contributed by atoms with Crippen LogP contribution in [0.4, 0.5) is 0 Å². The van der Waals surface area contributed by atoms with Crippen molar-refractivity contribution in [2.75, 3.05) is 0 Å². The molecule has 0 radical (unpaired) electrons. The van der Waals surface area contributed by atoms with E-state index in [-0.39, 0.29) is 6.04 Å². The van der Waals surface area contributed by atoms with Gasteiger partial charge in [0.2, 0.25) is 0 Å². The van der Waals surface area contributed by atoms with Gasteiger partial charge in [0, 0.05) is 11.4 Å². The Morgan fingerprint density at radius 2 is 2.56 bits per heavy atom. The van der Waals surface area contributed by atoms with Crippen LogP contribution in [-0.2, 0) is 0 Å². The van der Waals surface area contributed by atoms with Crippen LogP contribution in [0.3, 0.4) is 0 Å². The van der Waals surface area contributed by atoms with Gasteiger partial charge in [0.15, 0.2) is 3.92 Å². The number of nitrogens with two attached hydrogens (primary N) is 1. The van der Waals surface area contributed by atoms with Crippen LogP contribution in [0.25, 0.3) is 0 Å². The van der Waals surface area contributed by atoms with Crippen molar-refractivity contribution in [2.45, 2.75) is 13.0 Å². The fraction of sp³-hybridized carbons (Fsp3) is 0.400. The quantitative estimate of drug-likeness (QED) is 0.764. The topological polar surface area (TPSA) is 38.9 Å². The van der Waals surface area contributed by atoms with Crippen molar-refractivity contribution >= 4 is 27.3 Å². The normalized spacial score (nSPS) is 13.7. The molecule has 50 valence electrons. The Balaban J connectivity index is 2.85. The second-order valence-electron chi connectivity index (χ2n) is 1.81. The van der Waals surface area contributed by atoms with Crippen molar-refractivity contribution in [3.05, 3.63) is 15.0 Å². The van der Waals surface area contributed by atoms with E-state index in [0.29, 0.717) is 0 Å². The summed E-state index contributed by atoms with van der Waals surface area (Å²) in [6, 6.07) is 0.0487. The van der Waals surface area contributed by atoms with E-state index in [1.807, 2.05) is 12.3 Å². The molecule has 0 spiro atoms. The first-order valence-electron chi connectivity index (χ1n) is 2.56. The summed E-state index contributed by atoms with van der Waals surface area (Å²) in [6.45, 7) is 1.92. The fourth-order valence-corrected chi connectivity index (χ4v) is 1.60. The van der Waals surface area contributed by atoms with E-state index in [9.17, 15) is 0 Å². The van der Waals surface area contributed by atoms with Gasteiger partial charge in [-0.05, 0) is 22.9 Å². The van der Waals surface area contributed by atoms with Crippen LogP contribution < -0.4 is 5.73 Å². The van der Waals surface area contributed by atoms with Crippen molar-refractivity contribution in [3.63, 3.8) is 0 Å². The Hall–Kier alpha value is 0.0700. The highest BCUT2D eigenvalue weighted by atomic mass is 79.9. The average Bonchev–Trinajstić information content (AvgIpc) is 2.14. The van der Waals surface area contributed by atoms with Crippen molar-refractivity contribution in [3.8, 4) is 0 Å². The highest BCUT2D eigenvalue weighted by molar-refractivity contribution is 9.11. The molecule has 0 saturated carbocycles. The van der Waals surface area contributed by atoms with E-state index in [0.717, 1.165) is 9.61 Å². The van der Waals surface area contributed by atoms with Crippen molar-refractivity contribution in [1.29, 1.82) is 0 Å². The van der Waals surface area contributed by atoms with Crippen molar-refractivity contribution < 1.29 is 0 Å². The van der Waals surface area contributed by atoms with Gasteiger partial charge >= 0.3 is 0 Å². The number of rotatable bonds is 1. The molecule has 1 atom stereocenters. The molecule has 0 aliphatic heterocycles. The number of hydrogen-bond acceptors (Lipinski definition) is 3. The molecule has 0 amide bonds. The molecule has 2 N–H and O–H groups in total. The predicted octanol–water partition coefficient (Wildman–Crippen LogP) is 1.93. The van der Waals surface area contributed by atoms with Crippen LogP contribution in [0.1, 0.15) is 18.7 Å². The molecule has 1 rings (SSSR count). The molecule has 4 heteroatoms. The van der Waals surface area contributed by atoms with Crippen LogP contribution in [0.5, 0.6) is 0 Å². The van der Waals surface area contributed by atoms with Crippen molar-refractivity contribution in [2.24, 2.45) is 5.73 Å². The Morgan fingerprint density at radius 3 is 2.78 bits per heavy atom. The number of aromatic nitrogens is 1. The summed E-state index contributed by atoms with van der Waals surface area (Å²) in [5, 5.41) is 1.95. The lowest BCUT2D eigenvalue weighted by atomic mass is 10.3. The van der Waals surface area contributed by atoms with Crippen LogP contribution >= 0.6 is 27.3 Å². The largest absolute Gasteiger partial charge is 0.323 e. The SMILES string of the molecule is CC(N)c1csc(Br)n1. The van der Waals surface area contributed by atoms with Gasteiger partial charge in [0.25, 0.3) is 0 Å². The van der Waals surface area contributed by atoms with Crippen LogP contribution in [0, 0.1) is 0 Å². The van der Waals surface area contributed by atoms with E-state index < -0.39 is 0 Å². The zero-order valence-corrected chi connectivity index (χ0v) is 7.37. The molecule has 0 fully saturated rings. The second-order valence-corrected chi connectivity index (χ2v) is 3.95. The van der Waals surface area contributed by atoms with E-state index in [1.165, 1.54) is 0 Å². The first-order chi connectivity index (χ1) is 4.20. The molecule has 0 aliphatic carbocycles. The summed E-state index contributed by atoms with van der Waals surface area (Å²) in [4.78, 5) is 4.12. The van der Waals surface area contributed by atoms with E-state index in [2.05, 4.69) is 20.9 Å². The summed E-state index contributed by atoms with van der Waals surface area (Å²) < 4.78 is 0.898. The van der Waals surface area contributed by atoms with Gasteiger partial charge in [0.05, 0.1) is 5.69 Å². The highest BCUT2D eigenvalue weighted by Gasteiger charge is 2.01. The van der Waals surface area contributed by atoms with Gasteiger partial charge in [-0.1, -0.05) is 0 Å². The van der Waals surface area contributed by atoms with Crippen molar-refractivity contribution in [1.82, 2.24) is 4.98 Å². The summed E-state index contributed by atoms with van der Waals surface area (Å²) in [7, 11) is 0. The Bertz CT molecular complexity index is 197. The molecule has 0 aliphatic rings. The third-order valence-corrected chi connectivity index (χ3v) is 2.34. The van der Waals surface area contributed by atoms with Gasteiger partial charge in [-0.25, -0.2) is 4.98 Å². The molecule has 1 aromatic rings. The standard InChI is InChI=1S/C5H7BrN2S/c1-3(7)4-2-9-5(6)8-4/h2-3H,7H2,1H3. The van der Waals surface area contributed by atoms with Gasteiger partial charge in [-0.15, -0.1) is 11.3 Å². The number of hydrogen-bond donors (Lipinski definition) is 1. The molecule has 1 unspecified atom stereocenters. The lowest BCUT2D eigenvalue weighted by Crippen LogP contribution is -2.04. The fourth-order valence-electron chi connectivity index (χ4n) is 0.472. The molecule has 2 nitrogen and oxygen atoms in total. The number of nitrogens with zero attached hydrogens (tertiary/aromatic N) is 1. The maximum Gasteiger partial charge on any atom is 0.159 e. The van der Waals surface area contributed by atoms with Gasteiger partial charge < -0.3 is 5.73 Å². The maximum atomic E-state index is 5.55. The minimum absolute atomic E-state index is 0.0487. The van der Waals surface area contributed by atoms with E-state index in [1.54, 1.807) is 11.3 Å². The molecule has 1 heterocycles. The smallest absolute Gasteiger partial charge is 0.159 e. The lowest BCUT2D eigenvalue weighted by molar-refractivity contribution is 0.787. The molecule has 0 saturated heterocycles. The molecule has 9 heavy (non-hydrogen) atoms. The summed E-state index contributed by atoms with van der Waals surface area (Å²) >= 11 is 4.81. The average molecular weight is 207 g/mol. The number of thiazole rings is 1. The van der Waals surface area contributed by atoms with Crippen LogP contribution in [-0.4, -0.2) is 4.98 Å². The zero-order valence-electron chi connectivity index (χ0n) is 4.97. The van der Waals surface area contributed by atoms with Gasteiger partial charge in [-0.2, -0.15) is 0 Å². The Morgan fingerprint density at radius 1 is 1.89 bits per heavy atom. The van der Waals surface area contributed by atoms with Gasteiger partial charge in [0.1, 0.15) is 0 Å². The monoisotopic (exact) mass is 206 g/mol. The Labute approximate surface area is 66.2 Å². The van der Waals surface area contributed by atoms with E-state index in [4.69, 9.17) is 5.73 Å². The minimum atomic E-state index is 0.0487. The van der Waals surface area contributed by atoms with Crippen LogP contribution in [0.2, 0.25) is 0 Å². The van der Waals surface area contributed by atoms with Gasteiger partial charge in [-0.3, -0.25) is 0 Å². The summed E-state index contributed by atoms with van der Waals surface area (Å²) in [5.74, 6) is 0. The molecular formula is C5H7BrN2S. The number of halogens is 1. The lowest BCUT2D eigenvalue weighted by Gasteiger charge is -1.95. The first kappa shape index (κ1) is 7.18. The predicted molar refractivity (Wildman–Crippen MR) is 42.4 cm³/mol. The molecule has 1 aromatic heterocycles. The molecular weight excluding hydrogens is 200 g/mol. The highest BCUT2D eigenvalue weighted by Crippen LogP contribution is 2.18.